The second kappa shape index (κ2) is 6.02. The van der Waals surface area contributed by atoms with Crippen LogP contribution in [0.1, 0.15) is 33.9 Å². The molecule has 0 saturated heterocycles. The van der Waals surface area contributed by atoms with Crippen LogP contribution in [0.4, 0.5) is 0 Å². The number of benzene rings is 2. The maximum absolute atomic E-state index is 10.4. The van der Waals surface area contributed by atoms with Crippen LogP contribution < -0.4 is 0 Å². The van der Waals surface area contributed by atoms with Gasteiger partial charge in [0.25, 0.3) is 0 Å². The summed E-state index contributed by atoms with van der Waals surface area (Å²) in [4.78, 5) is 4.51. The number of phenolic OH excluding ortho intramolecular Hbond substituents is 1. The van der Waals surface area contributed by atoms with Crippen LogP contribution in [0.5, 0.6) is 5.75 Å². The van der Waals surface area contributed by atoms with Crippen molar-refractivity contribution in [3.05, 3.63) is 94.8 Å². The molecule has 3 aromatic rings. The number of phenols is 1. The summed E-state index contributed by atoms with van der Waals surface area (Å²) in [5, 5.41) is 10.4. The Labute approximate surface area is 131 Å². The molecule has 0 aliphatic rings. The van der Waals surface area contributed by atoms with Crippen molar-refractivity contribution in [1.82, 2.24) is 4.98 Å². The molecule has 0 aliphatic carbocycles. The summed E-state index contributed by atoms with van der Waals surface area (Å²) in [5.74, 6) is 0.249. The van der Waals surface area contributed by atoms with E-state index >= 15 is 0 Å². The van der Waals surface area contributed by atoms with Gasteiger partial charge in [0.2, 0.25) is 0 Å². The summed E-state index contributed by atoms with van der Waals surface area (Å²) in [5.41, 5.74) is 5.21. The van der Waals surface area contributed by atoms with Crippen LogP contribution in [0, 0.1) is 13.8 Å². The van der Waals surface area contributed by atoms with Gasteiger partial charge in [-0.3, -0.25) is 4.98 Å². The van der Waals surface area contributed by atoms with E-state index in [0.717, 1.165) is 22.4 Å². The van der Waals surface area contributed by atoms with Gasteiger partial charge in [0, 0.05) is 11.8 Å². The minimum atomic E-state index is -0.0672. The fourth-order valence-corrected chi connectivity index (χ4v) is 2.71. The number of rotatable bonds is 3. The van der Waals surface area contributed by atoms with Gasteiger partial charge in [0.05, 0.1) is 11.6 Å². The number of pyridine rings is 1. The molecule has 3 rings (SSSR count). The van der Waals surface area contributed by atoms with Crippen LogP contribution in [0.25, 0.3) is 0 Å². The molecule has 110 valence electrons. The van der Waals surface area contributed by atoms with Crippen LogP contribution in [-0.2, 0) is 0 Å². The first-order valence-electron chi connectivity index (χ1n) is 7.42. The van der Waals surface area contributed by atoms with Crippen molar-refractivity contribution < 1.29 is 5.11 Å². The molecular weight excluding hydrogens is 270 g/mol. The Morgan fingerprint density at radius 1 is 0.864 bits per heavy atom. The predicted octanol–water partition coefficient (Wildman–Crippen LogP) is 4.58. The molecule has 2 aromatic carbocycles. The summed E-state index contributed by atoms with van der Waals surface area (Å²) < 4.78 is 0. The maximum Gasteiger partial charge on any atom is 0.120 e. The largest absolute Gasteiger partial charge is 0.508 e. The maximum atomic E-state index is 10.4. The topological polar surface area (TPSA) is 33.1 Å². The molecule has 0 unspecified atom stereocenters. The Balaban J connectivity index is 2.17. The third-order valence-corrected chi connectivity index (χ3v) is 3.89. The normalized spacial score (nSPS) is 12.1. The molecule has 0 radical (unpaired) electrons. The van der Waals surface area contributed by atoms with Crippen molar-refractivity contribution in [3.8, 4) is 5.75 Å². The van der Waals surface area contributed by atoms with Gasteiger partial charge in [0.1, 0.15) is 5.75 Å². The summed E-state index contributed by atoms with van der Waals surface area (Å²) in [6.45, 7) is 4.05. The van der Waals surface area contributed by atoms with Gasteiger partial charge in [-0.05, 0) is 43.2 Å². The zero-order chi connectivity index (χ0) is 15.5. The van der Waals surface area contributed by atoms with E-state index in [2.05, 4.69) is 36.2 Å². The average molecular weight is 289 g/mol. The highest BCUT2D eigenvalue weighted by molar-refractivity contribution is 5.48. The molecule has 2 nitrogen and oxygen atoms in total. The second-order valence-electron chi connectivity index (χ2n) is 5.66. The van der Waals surface area contributed by atoms with E-state index in [1.54, 1.807) is 12.3 Å². The van der Waals surface area contributed by atoms with Crippen LogP contribution in [0.3, 0.4) is 0 Å². The standard InChI is InChI=1S/C20H19NO/c1-14-6-9-16(10-7-14)20(18-5-3-4-12-21-18)17-11-8-15(2)13-19(17)22/h3-13,20,22H,1-2H3/t20-/m0/s1. The minimum Gasteiger partial charge on any atom is -0.508 e. The Kier molecular flexibility index (Phi) is 3.92. The van der Waals surface area contributed by atoms with Crippen molar-refractivity contribution in [3.63, 3.8) is 0 Å². The monoisotopic (exact) mass is 289 g/mol. The highest BCUT2D eigenvalue weighted by atomic mass is 16.3. The molecule has 22 heavy (non-hydrogen) atoms. The highest BCUT2D eigenvalue weighted by Crippen LogP contribution is 2.36. The number of aromatic hydroxyl groups is 1. The lowest BCUT2D eigenvalue weighted by Gasteiger charge is -2.19. The lowest BCUT2D eigenvalue weighted by molar-refractivity contribution is 0.466. The molecular formula is C20H19NO. The fourth-order valence-electron chi connectivity index (χ4n) is 2.71. The summed E-state index contributed by atoms with van der Waals surface area (Å²) >= 11 is 0. The first kappa shape index (κ1) is 14.3. The summed E-state index contributed by atoms with van der Waals surface area (Å²) in [6.07, 6.45) is 1.79. The van der Waals surface area contributed by atoms with E-state index in [-0.39, 0.29) is 5.92 Å². The molecule has 0 fully saturated rings. The molecule has 2 heteroatoms. The van der Waals surface area contributed by atoms with Gasteiger partial charge in [0.15, 0.2) is 0 Å². The molecule has 0 amide bonds. The zero-order valence-corrected chi connectivity index (χ0v) is 12.8. The minimum absolute atomic E-state index is 0.0672. The quantitative estimate of drug-likeness (QED) is 0.765. The summed E-state index contributed by atoms with van der Waals surface area (Å²) in [7, 11) is 0. The number of hydrogen-bond acceptors (Lipinski definition) is 2. The first-order chi connectivity index (χ1) is 10.6. The van der Waals surface area contributed by atoms with Gasteiger partial charge in [-0.1, -0.05) is 48.0 Å². The molecule has 1 N–H and O–H groups in total. The Morgan fingerprint density at radius 2 is 1.59 bits per heavy atom. The first-order valence-corrected chi connectivity index (χ1v) is 7.42. The lowest BCUT2D eigenvalue weighted by atomic mass is 9.86. The van der Waals surface area contributed by atoms with E-state index in [1.807, 2.05) is 37.3 Å². The van der Waals surface area contributed by atoms with Crippen LogP contribution in [0.2, 0.25) is 0 Å². The van der Waals surface area contributed by atoms with Crippen LogP contribution in [-0.4, -0.2) is 10.1 Å². The second-order valence-corrected chi connectivity index (χ2v) is 5.66. The van der Waals surface area contributed by atoms with E-state index in [0.29, 0.717) is 5.75 Å². The molecule has 0 aliphatic heterocycles. The average Bonchev–Trinajstić information content (AvgIpc) is 2.52. The van der Waals surface area contributed by atoms with Gasteiger partial charge in [-0.25, -0.2) is 0 Å². The Bertz CT molecular complexity index is 763. The highest BCUT2D eigenvalue weighted by Gasteiger charge is 2.20. The molecule has 1 aromatic heterocycles. The lowest BCUT2D eigenvalue weighted by Crippen LogP contribution is -2.06. The number of aromatic nitrogens is 1. The van der Waals surface area contributed by atoms with E-state index in [9.17, 15) is 5.11 Å². The molecule has 0 spiro atoms. The van der Waals surface area contributed by atoms with Gasteiger partial charge in [-0.2, -0.15) is 0 Å². The van der Waals surface area contributed by atoms with E-state index < -0.39 is 0 Å². The van der Waals surface area contributed by atoms with E-state index in [1.165, 1.54) is 5.56 Å². The smallest absolute Gasteiger partial charge is 0.120 e. The van der Waals surface area contributed by atoms with Crippen molar-refractivity contribution in [1.29, 1.82) is 0 Å². The van der Waals surface area contributed by atoms with Crippen LogP contribution in [0.15, 0.2) is 66.9 Å². The third-order valence-electron chi connectivity index (χ3n) is 3.89. The Hall–Kier alpha value is -2.61. The van der Waals surface area contributed by atoms with Gasteiger partial charge >= 0.3 is 0 Å². The van der Waals surface area contributed by atoms with Gasteiger partial charge < -0.3 is 5.11 Å². The van der Waals surface area contributed by atoms with Crippen molar-refractivity contribution in [2.75, 3.05) is 0 Å². The molecule has 1 atom stereocenters. The fraction of sp³-hybridized carbons (Fsp3) is 0.150. The van der Waals surface area contributed by atoms with Crippen LogP contribution >= 0.6 is 0 Å². The van der Waals surface area contributed by atoms with E-state index in [4.69, 9.17) is 0 Å². The molecule has 0 saturated carbocycles. The SMILES string of the molecule is Cc1ccc([C@H](c2ccccn2)c2ccc(C)cc2O)cc1. The van der Waals surface area contributed by atoms with Gasteiger partial charge in [-0.15, -0.1) is 0 Å². The summed E-state index contributed by atoms with van der Waals surface area (Å²) in [6, 6.07) is 20.1. The van der Waals surface area contributed by atoms with Crippen molar-refractivity contribution in [2.24, 2.45) is 0 Å². The van der Waals surface area contributed by atoms with Crippen molar-refractivity contribution in [2.45, 2.75) is 19.8 Å². The molecule has 0 bridgehead atoms. The number of hydrogen-bond donors (Lipinski definition) is 1. The molecule has 1 heterocycles. The third kappa shape index (κ3) is 2.86. The van der Waals surface area contributed by atoms with Crippen molar-refractivity contribution >= 4 is 0 Å². The number of aryl methyl sites for hydroxylation is 2. The zero-order valence-electron chi connectivity index (χ0n) is 12.8. The predicted molar refractivity (Wildman–Crippen MR) is 89.2 cm³/mol. The Morgan fingerprint density at radius 3 is 2.23 bits per heavy atom. The number of nitrogens with zero attached hydrogens (tertiary/aromatic N) is 1.